The van der Waals surface area contributed by atoms with Gasteiger partial charge in [0.05, 0.1) is 19.3 Å². The Kier molecular flexibility index (Phi) is 7.29. The normalized spacial score (nSPS) is 10.5. The first-order valence-electron chi connectivity index (χ1n) is 10.9. The van der Waals surface area contributed by atoms with Crippen LogP contribution in [-0.2, 0) is 13.1 Å². The molecule has 4 aromatic rings. The Morgan fingerprint density at radius 1 is 0.971 bits per heavy atom. The number of carbonyl (C=O) groups excluding carboxylic acids is 1. The molecule has 0 aliphatic rings. The van der Waals surface area contributed by atoms with E-state index in [1.165, 1.54) is 10.9 Å². The first-order valence-corrected chi connectivity index (χ1v) is 10.9. The lowest BCUT2D eigenvalue weighted by molar-refractivity contribution is 0.0951. The van der Waals surface area contributed by atoms with Crippen molar-refractivity contribution in [3.05, 3.63) is 112 Å². The number of ether oxygens (including phenoxy) is 1. The summed E-state index contributed by atoms with van der Waals surface area (Å²) >= 11 is 0. The van der Waals surface area contributed by atoms with Gasteiger partial charge in [0.1, 0.15) is 0 Å². The number of nitrogens with zero attached hydrogens (tertiary/aromatic N) is 3. The molecule has 2 aromatic heterocycles. The molecule has 0 radical (unpaired) electrons. The summed E-state index contributed by atoms with van der Waals surface area (Å²) in [6.45, 7) is 3.00. The van der Waals surface area contributed by atoms with Gasteiger partial charge in [-0.3, -0.25) is 14.6 Å². The predicted octanol–water partition coefficient (Wildman–Crippen LogP) is 3.76. The van der Waals surface area contributed by atoms with Gasteiger partial charge >= 0.3 is 0 Å². The first-order chi connectivity index (χ1) is 16.6. The predicted molar refractivity (Wildman–Crippen MR) is 130 cm³/mol. The maximum Gasteiger partial charge on any atom is 0.294 e. The van der Waals surface area contributed by atoms with Gasteiger partial charge in [-0.2, -0.15) is 5.10 Å². The molecule has 2 heterocycles. The van der Waals surface area contributed by atoms with Crippen LogP contribution < -0.4 is 20.9 Å². The molecule has 0 atom stereocenters. The number of hydrogen-bond donors (Lipinski definition) is 2. The summed E-state index contributed by atoms with van der Waals surface area (Å²) in [6, 6.07) is 20.2. The van der Waals surface area contributed by atoms with E-state index >= 15 is 0 Å². The maximum absolute atomic E-state index is 13.2. The average molecular weight is 456 g/mol. The van der Waals surface area contributed by atoms with Crippen LogP contribution in [0.25, 0.3) is 0 Å². The molecule has 0 spiro atoms. The van der Waals surface area contributed by atoms with Crippen molar-refractivity contribution in [1.82, 2.24) is 20.1 Å². The highest BCUT2D eigenvalue weighted by atomic mass is 16.5. The van der Waals surface area contributed by atoms with Crippen molar-refractivity contribution >= 4 is 17.3 Å². The minimum absolute atomic E-state index is 0.188. The molecular weight excluding hydrogens is 430 g/mol. The van der Waals surface area contributed by atoms with Crippen molar-refractivity contribution in [2.24, 2.45) is 0 Å². The fourth-order valence-electron chi connectivity index (χ4n) is 3.36. The van der Waals surface area contributed by atoms with Crippen LogP contribution in [0.2, 0.25) is 0 Å². The second-order valence-corrected chi connectivity index (χ2v) is 7.51. The lowest BCUT2D eigenvalue weighted by Gasteiger charge is -2.14. The standard InChI is InChI=1S/C26H25N5O3/c1-2-34-23-17-29-31(18-20-6-4-3-5-7-20)26(33)24(23)30-22-10-8-21(9-11-22)25(32)28-16-19-12-14-27-15-13-19/h3-15,17,30H,2,16,18H2,1H3,(H,28,32). The van der Waals surface area contributed by atoms with Gasteiger partial charge in [0.15, 0.2) is 11.4 Å². The largest absolute Gasteiger partial charge is 0.490 e. The van der Waals surface area contributed by atoms with Gasteiger partial charge in [0.2, 0.25) is 0 Å². The SMILES string of the molecule is CCOc1cnn(Cc2ccccc2)c(=O)c1Nc1ccc(C(=O)NCc2ccncc2)cc1. The highest BCUT2D eigenvalue weighted by Crippen LogP contribution is 2.23. The summed E-state index contributed by atoms with van der Waals surface area (Å²) in [4.78, 5) is 29.6. The van der Waals surface area contributed by atoms with Gasteiger partial charge in [-0.25, -0.2) is 4.68 Å². The number of hydrogen-bond acceptors (Lipinski definition) is 6. The second-order valence-electron chi connectivity index (χ2n) is 7.51. The Hall–Kier alpha value is -4.46. The molecule has 172 valence electrons. The molecule has 0 bridgehead atoms. The van der Waals surface area contributed by atoms with E-state index in [0.29, 0.717) is 42.4 Å². The first kappa shape index (κ1) is 22.7. The van der Waals surface area contributed by atoms with Crippen molar-refractivity contribution in [2.45, 2.75) is 20.0 Å². The zero-order chi connectivity index (χ0) is 23.8. The van der Waals surface area contributed by atoms with E-state index in [1.54, 1.807) is 36.7 Å². The van der Waals surface area contributed by atoms with Crippen molar-refractivity contribution in [2.75, 3.05) is 11.9 Å². The summed E-state index contributed by atoms with van der Waals surface area (Å²) in [6.07, 6.45) is 4.91. The molecule has 0 saturated heterocycles. The number of anilines is 2. The molecule has 2 aromatic carbocycles. The molecule has 34 heavy (non-hydrogen) atoms. The van der Waals surface area contributed by atoms with E-state index < -0.39 is 0 Å². The molecule has 8 nitrogen and oxygen atoms in total. The highest BCUT2D eigenvalue weighted by Gasteiger charge is 2.14. The van der Waals surface area contributed by atoms with Gasteiger partial charge in [-0.1, -0.05) is 30.3 Å². The fourth-order valence-corrected chi connectivity index (χ4v) is 3.36. The summed E-state index contributed by atoms with van der Waals surface area (Å²) < 4.78 is 7.01. The molecular formula is C26H25N5O3. The van der Waals surface area contributed by atoms with E-state index in [9.17, 15) is 9.59 Å². The van der Waals surface area contributed by atoms with Crippen LogP contribution >= 0.6 is 0 Å². The van der Waals surface area contributed by atoms with E-state index in [-0.39, 0.29) is 11.5 Å². The Bertz CT molecular complexity index is 1290. The van der Waals surface area contributed by atoms with E-state index in [2.05, 4.69) is 20.7 Å². The van der Waals surface area contributed by atoms with Crippen LogP contribution in [0.4, 0.5) is 11.4 Å². The zero-order valence-corrected chi connectivity index (χ0v) is 18.8. The van der Waals surface area contributed by atoms with E-state index in [0.717, 1.165) is 11.1 Å². The second kappa shape index (κ2) is 10.9. The number of benzene rings is 2. The molecule has 0 unspecified atom stereocenters. The summed E-state index contributed by atoms with van der Waals surface area (Å²) in [7, 11) is 0. The van der Waals surface area contributed by atoms with Gasteiger partial charge in [0, 0.05) is 30.2 Å². The molecule has 2 N–H and O–H groups in total. The molecule has 0 fully saturated rings. The fraction of sp³-hybridized carbons (Fsp3) is 0.154. The number of nitrogens with one attached hydrogen (secondary N) is 2. The van der Waals surface area contributed by atoms with Crippen LogP contribution in [0.5, 0.6) is 5.75 Å². The Labute approximate surface area is 197 Å². The minimum atomic E-state index is -0.297. The molecule has 0 aliphatic heterocycles. The smallest absolute Gasteiger partial charge is 0.294 e. The van der Waals surface area contributed by atoms with Crippen molar-refractivity contribution < 1.29 is 9.53 Å². The maximum atomic E-state index is 13.2. The van der Waals surface area contributed by atoms with Crippen molar-refractivity contribution in [3.8, 4) is 5.75 Å². The summed E-state index contributed by atoms with van der Waals surface area (Å²) in [5, 5.41) is 10.3. The lowest BCUT2D eigenvalue weighted by atomic mass is 10.2. The third-order valence-electron chi connectivity index (χ3n) is 5.10. The van der Waals surface area contributed by atoms with Crippen molar-refractivity contribution in [3.63, 3.8) is 0 Å². The Balaban J connectivity index is 1.50. The quantitative estimate of drug-likeness (QED) is 0.399. The van der Waals surface area contributed by atoms with Crippen LogP contribution in [-0.4, -0.2) is 27.3 Å². The van der Waals surface area contributed by atoms with Crippen LogP contribution in [0.1, 0.15) is 28.4 Å². The number of pyridine rings is 1. The summed E-state index contributed by atoms with van der Waals surface area (Å²) in [5.74, 6) is 0.184. The number of amides is 1. The van der Waals surface area contributed by atoms with Crippen LogP contribution in [0.3, 0.4) is 0 Å². The molecule has 1 amide bonds. The monoisotopic (exact) mass is 455 g/mol. The van der Waals surface area contributed by atoms with Crippen LogP contribution in [0.15, 0.2) is 90.1 Å². The van der Waals surface area contributed by atoms with E-state index in [1.807, 2.05) is 49.4 Å². The zero-order valence-electron chi connectivity index (χ0n) is 18.8. The number of aromatic nitrogens is 3. The van der Waals surface area contributed by atoms with Gasteiger partial charge < -0.3 is 15.4 Å². The third-order valence-corrected chi connectivity index (χ3v) is 5.10. The van der Waals surface area contributed by atoms with Gasteiger partial charge in [0.25, 0.3) is 11.5 Å². The average Bonchev–Trinajstić information content (AvgIpc) is 2.88. The molecule has 4 rings (SSSR count). The highest BCUT2D eigenvalue weighted by molar-refractivity contribution is 5.94. The molecule has 0 aliphatic carbocycles. The van der Waals surface area contributed by atoms with Crippen molar-refractivity contribution in [1.29, 1.82) is 0 Å². The van der Waals surface area contributed by atoms with E-state index in [4.69, 9.17) is 4.74 Å². The summed E-state index contributed by atoms with van der Waals surface area (Å²) in [5.41, 5.74) is 3.10. The minimum Gasteiger partial charge on any atom is -0.490 e. The molecule has 0 saturated carbocycles. The lowest BCUT2D eigenvalue weighted by Crippen LogP contribution is -2.26. The number of carbonyl (C=O) groups is 1. The van der Waals surface area contributed by atoms with Crippen LogP contribution in [0, 0.1) is 0 Å². The van der Waals surface area contributed by atoms with Gasteiger partial charge in [-0.15, -0.1) is 0 Å². The molecule has 8 heteroatoms. The Morgan fingerprint density at radius 3 is 2.41 bits per heavy atom. The third kappa shape index (κ3) is 5.66. The van der Waals surface area contributed by atoms with Gasteiger partial charge in [-0.05, 0) is 54.4 Å². The Morgan fingerprint density at radius 2 is 1.71 bits per heavy atom. The topological polar surface area (TPSA) is 98.1 Å². The number of rotatable bonds is 9.